The topological polar surface area (TPSA) is 59.0 Å². The zero-order valence-corrected chi connectivity index (χ0v) is 17.8. The average molecular weight is 400 g/mol. The second-order valence-electron chi connectivity index (χ2n) is 11.5. The molecular weight excluding hydrogens is 366 g/mol. The lowest BCUT2D eigenvalue weighted by Gasteiger charge is -2.73. The van der Waals surface area contributed by atoms with Gasteiger partial charge in [-0.1, -0.05) is 20.4 Å². The van der Waals surface area contributed by atoms with Crippen LogP contribution in [0.4, 0.5) is 0 Å². The highest BCUT2D eigenvalue weighted by atomic mass is 16.5. The van der Waals surface area contributed by atoms with E-state index in [0.29, 0.717) is 29.9 Å². The number of nitrogens with zero attached hydrogens (tertiary/aromatic N) is 1. The van der Waals surface area contributed by atoms with Crippen LogP contribution in [0.15, 0.2) is 12.2 Å². The fourth-order valence-electron chi connectivity index (χ4n) is 10.8. The van der Waals surface area contributed by atoms with Crippen molar-refractivity contribution >= 4 is 5.97 Å². The van der Waals surface area contributed by atoms with E-state index in [2.05, 4.69) is 25.3 Å². The van der Waals surface area contributed by atoms with Crippen LogP contribution in [0.2, 0.25) is 0 Å². The first-order chi connectivity index (χ1) is 13.8. The van der Waals surface area contributed by atoms with Crippen LogP contribution in [0, 0.1) is 39.9 Å². The van der Waals surface area contributed by atoms with Crippen LogP contribution in [-0.2, 0) is 14.3 Å². The molecule has 9 bridgehead atoms. The SMILES string of the molecule is C=C1[C@H]2C[C@@]3([C@@H]1OC(C)=O)[C@@H](C[C@H]2O)[C@@]12[C@@H]4CC[C@@]5(C)[C@H](O4)N(CC)[C@@H]1[C@@H]3C[C@H]52. The highest BCUT2D eigenvalue weighted by Gasteiger charge is 2.89. The lowest BCUT2D eigenvalue weighted by Crippen LogP contribution is -2.78. The van der Waals surface area contributed by atoms with Gasteiger partial charge in [-0.25, -0.2) is 0 Å². The van der Waals surface area contributed by atoms with Crippen molar-refractivity contribution in [3.05, 3.63) is 12.2 Å². The Bertz CT molecular complexity index is 843. The molecule has 4 aliphatic heterocycles. The summed E-state index contributed by atoms with van der Waals surface area (Å²) >= 11 is 0. The highest BCUT2D eigenvalue weighted by molar-refractivity contribution is 5.67. The first-order valence-corrected chi connectivity index (χ1v) is 11.8. The zero-order chi connectivity index (χ0) is 20.1. The number of aliphatic hydroxyl groups excluding tert-OH is 1. The summed E-state index contributed by atoms with van der Waals surface area (Å²) in [5, 5.41) is 11.2. The lowest BCUT2D eigenvalue weighted by atomic mass is 9.41. The van der Waals surface area contributed by atoms with Gasteiger partial charge >= 0.3 is 5.97 Å². The normalized spacial score (nSPS) is 63.3. The Morgan fingerprint density at radius 3 is 2.90 bits per heavy atom. The van der Waals surface area contributed by atoms with Crippen LogP contribution in [0.3, 0.4) is 0 Å². The molecule has 5 heteroatoms. The van der Waals surface area contributed by atoms with Crippen LogP contribution in [-0.4, -0.2) is 53.1 Å². The van der Waals surface area contributed by atoms with Gasteiger partial charge in [-0.2, -0.15) is 0 Å². The molecule has 9 fully saturated rings. The van der Waals surface area contributed by atoms with Crippen LogP contribution < -0.4 is 0 Å². The summed E-state index contributed by atoms with van der Waals surface area (Å²) in [5.74, 6) is 1.42. The highest BCUT2D eigenvalue weighted by Crippen LogP contribution is 2.86. The third-order valence-corrected chi connectivity index (χ3v) is 11.2. The first kappa shape index (κ1) is 17.7. The number of hydrogen-bond donors (Lipinski definition) is 1. The Morgan fingerprint density at radius 1 is 1.38 bits per heavy atom. The maximum atomic E-state index is 12.1. The molecule has 4 saturated heterocycles. The molecule has 9 aliphatic rings. The van der Waals surface area contributed by atoms with E-state index in [0.717, 1.165) is 31.4 Å². The molecule has 158 valence electrons. The molecule has 2 spiro atoms. The summed E-state index contributed by atoms with van der Waals surface area (Å²) in [6, 6.07) is 0.509. The molecule has 5 saturated carbocycles. The number of aliphatic hydroxyl groups is 1. The van der Waals surface area contributed by atoms with E-state index in [1.54, 1.807) is 0 Å². The van der Waals surface area contributed by atoms with E-state index in [1.807, 2.05) is 0 Å². The molecule has 9 rings (SSSR count). The number of carbonyl (C=O) groups excluding carboxylic acids is 1. The Hall–Kier alpha value is -0.910. The minimum absolute atomic E-state index is 0.0552. The van der Waals surface area contributed by atoms with Crippen LogP contribution >= 0.6 is 0 Å². The van der Waals surface area contributed by atoms with Gasteiger partial charge in [0.05, 0.1) is 12.2 Å². The first-order valence-electron chi connectivity index (χ1n) is 11.8. The molecule has 4 heterocycles. The van der Waals surface area contributed by atoms with Gasteiger partial charge in [0.25, 0.3) is 0 Å². The maximum Gasteiger partial charge on any atom is 0.303 e. The summed E-state index contributed by atoms with van der Waals surface area (Å²) in [6.07, 6.45) is 5.35. The molecule has 0 radical (unpaired) electrons. The molecule has 0 amide bonds. The zero-order valence-electron chi connectivity index (χ0n) is 17.8. The van der Waals surface area contributed by atoms with Crippen molar-refractivity contribution in [1.29, 1.82) is 0 Å². The van der Waals surface area contributed by atoms with E-state index in [4.69, 9.17) is 9.47 Å². The van der Waals surface area contributed by atoms with Crippen molar-refractivity contribution in [1.82, 2.24) is 4.90 Å². The minimum Gasteiger partial charge on any atom is -0.457 e. The van der Waals surface area contributed by atoms with Crippen molar-refractivity contribution in [3.63, 3.8) is 0 Å². The van der Waals surface area contributed by atoms with Gasteiger partial charge in [-0.15, -0.1) is 0 Å². The van der Waals surface area contributed by atoms with Gasteiger partial charge in [-0.05, 0) is 62.0 Å². The fraction of sp³-hybridized carbons (Fsp3) is 0.875. The number of rotatable bonds is 2. The molecule has 0 unspecified atom stereocenters. The van der Waals surface area contributed by atoms with Crippen molar-refractivity contribution in [2.45, 2.75) is 83.5 Å². The summed E-state index contributed by atoms with van der Waals surface area (Å²) < 4.78 is 12.9. The number of esters is 1. The molecule has 0 aromatic rings. The Labute approximate surface area is 172 Å². The molecule has 0 aromatic carbocycles. The van der Waals surface area contributed by atoms with E-state index in [1.165, 1.54) is 19.8 Å². The van der Waals surface area contributed by atoms with Crippen molar-refractivity contribution in [2.24, 2.45) is 39.9 Å². The predicted molar refractivity (Wildman–Crippen MR) is 106 cm³/mol. The second kappa shape index (κ2) is 4.94. The monoisotopic (exact) mass is 399 g/mol. The largest absolute Gasteiger partial charge is 0.457 e. The Kier molecular flexibility index (Phi) is 3.02. The summed E-state index contributed by atoms with van der Waals surface area (Å²) in [6.45, 7) is 11.7. The van der Waals surface area contributed by atoms with Crippen LogP contribution in [0.1, 0.15) is 52.9 Å². The third kappa shape index (κ3) is 1.52. The summed E-state index contributed by atoms with van der Waals surface area (Å²) in [5.41, 5.74) is 1.24. The van der Waals surface area contributed by atoms with Crippen molar-refractivity contribution < 1.29 is 19.4 Å². The van der Waals surface area contributed by atoms with E-state index in [9.17, 15) is 9.90 Å². The average Bonchev–Trinajstić information content (AvgIpc) is 3.22. The molecule has 0 aromatic heterocycles. The number of piperidine rings is 1. The van der Waals surface area contributed by atoms with Crippen LogP contribution in [0.5, 0.6) is 0 Å². The smallest absolute Gasteiger partial charge is 0.303 e. The Morgan fingerprint density at radius 2 is 2.17 bits per heavy atom. The number of fused-ring (bicyclic) bond motifs is 2. The standard InChI is InChI=1S/C24H33NO4/c1-5-25-19-14-8-16-22(4)7-6-18(29-21(22)25)24(16,19)17-9-15(27)13-10-23(14,17)20(11(13)2)28-12(3)26/h13-21,27H,2,5-10H2,1,3-4H3/t13-,14+,15-,16-,17-,18+,19-,20-,21+,22-,23+,24+/m1/s1. The molecule has 1 N–H and O–H groups in total. The van der Waals surface area contributed by atoms with E-state index < -0.39 is 0 Å². The van der Waals surface area contributed by atoms with Gasteiger partial charge in [0.1, 0.15) is 12.3 Å². The molecule has 12 atom stereocenters. The van der Waals surface area contributed by atoms with E-state index in [-0.39, 0.29) is 46.6 Å². The van der Waals surface area contributed by atoms with Crippen LogP contribution in [0.25, 0.3) is 0 Å². The number of carbonyl (C=O) groups is 1. The van der Waals surface area contributed by atoms with Crippen molar-refractivity contribution in [3.8, 4) is 0 Å². The molecule has 5 nitrogen and oxygen atoms in total. The van der Waals surface area contributed by atoms with Gasteiger partial charge in [0, 0.05) is 35.1 Å². The van der Waals surface area contributed by atoms with E-state index >= 15 is 0 Å². The minimum atomic E-state index is -0.366. The Balaban J connectivity index is 1.47. The molecule has 29 heavy (non-hydrogen) atoms. The fourth-order valence-corrected chi connectivity index (χ4v) is 10.8. The maximum absolute atomic E-state index is 12.1. The third-order valence-electron chi connectivity index (χ3n) is 11.2. The van der Waals surface area contributed by atoms with Gasteiger partial charge < -0.3 is 14.6 Å². The number of ether oxygens (including phenoxy) is 2. The summed E-state index contributed by atoms with van der Waals surface area (Å²) in [7, 11) is 0. The quantitative estimate of drug-likeness (QED) is 0.572. The lowest BCUT2D eigenvalue weighted by molar-refractivity contribution is -0.372. The predicted octanol–water partition coefficient (Wildman–Crippen LogP) is 2.73. The van der Waals surface area contributed by atoms with Crippen molar-refractivity contribution in [2.75, 3.05) is 6.54 Å². The van der Waals surface area contributed by atoms with Gasteiger partial charge in [0.2, 0.25) is 0 Å². The molecular formula is C24H33NO4. The van der Waals surface area contributed by atoms with Gasteiger partial charge in [0.15, 0.2) is 0 Å². The van der Waals surface area contributed by atoms with Gasteiger partial charge in [-0.3, -0.25) is 9.69 Å². The summed E-state index contributed by atoms with van der Waals surface area (Å²) in [4.78, 5) is 14.8. The number of hydrogen-bond acceptors (Lipinski definition) is 5. The molecule has 5 aliphatic carbocycles. The second-order valence-corrected chi connectivity index (χ2v) is 11.5.